The van der Waals surface area contributed by atoms with Crippen molar-refractivity contribution in [2.75, 3.05) is 16.4 Å². The van der Waals surface area contributed by atoms with E-state index in [9.17, 15) is 14.0 Å². The van der Waals surface area contributed by atoms with Crippen LogP contribution in [0.4, 0.5) is 15.2 Å². The van der Waals surface area contributed by atoms with Crippen LogP contribution in [0, 0.1) is 5.82 Å². The summed E-state index contributed by atoms with van der Waals surface area (Å²) < 4.78 is 12.9. The molecule has 9 heteroatoms. The highest BCUT2D eigenvalue weighted by Crippen LogP contribution is 2.30. The number of nitrogens with zero attached hydrogens (tertiary/aromatic N) is 1. The molecule has 1 aromatic heterocycles. The number of carbonyl (C=O) groups excluding carboxylic acids is 2. The molecular weight excluding hydrogens is 433 g/mol. The minimum Gasteiger partial charge on any atom is -0.325 e. The Kier molecular flexibility index (Phi) is 7.24. The molecule has 0 radical (unpaired) electrons. The van der Waals surface area contributed by atoms with Crippen molar-refractivity contribution in [1.29, 1.82) is 0 Å². The molecular formula is C20H17ClFN3O2S2. The first-order valence-electron chi connectivity index (χ1n) is 8.60. The lowest BCUT2D eigenvalue weighted by atomic mass is 10.2. The van der Waals surface area contributed by atoms with Gasteiger partial charge in [-0.25, -0.2) is 9.37 Å². The zero-order valence-electron chi connectivity index (χ0n) is 15.3. The molecule has 3 aromatic rings. The molecule has 0 spiro atoms. The lowest BCUT2D eigenvalue weighted by molar-refractivity contribution is -0.115. The van der Waals surface area contributed by atoms with Crippen molar-refractivity contribution in [3.8, 4) is 11.3 Å². The largest absolute Gasteiger partial charge is 0.325 e. The molecule has 1 atom stereocenters. The first kappa shape index (κ1) is 21.3. The predicted octanol–water partition coefficient (Wildman–Crippen LogP) is 5.30. The molecule has 0 aliphatic heterocycles. The summed E-state index contributed by atoms with van der Waals surface area (Å²) in [5, 5.41) is 7.84. The smallest absolute Gasteiger partial charge is 0.239 e. The molecule has 0 saturated carbocycles. The Morgan fingerprint density at radius 2 is 1.90 bits per heavy atom. The van der Waals surface area contributed by atoms with E-state index in [0.29, 0.717) is 21.5 Å². The van der Waals surface area contributed by atoms with Crippen molar-refractivity contribution >= 4 is 57.3 Å². The second-order valence-electron chi connectivity index (χ2n) is 6.02. The van der Waals surface area contributed by atoms with Crippen LogP contribution in [0.25, 0.3) is 11.3 Å². The van der Waals surface area contributed by atoms with E-state index in [1.165, 1.54) is 47.4 Å². The van der Waals surface area contributed by atoms with Crippen molar-refractivity contribution in [3.05, 3.63) is 64.8 Å². The first-order chi connectivity index (χ1) is 13.9. The number of thioether (sulfide) groups is 1. The Balaban J connectivity index is 1.50. The van der Waals surface area contributed by atoms with Gasteiger partial charge in [0, 0.05) is 21.7 Å². The average Bonchev–Trinajstić information content (AvgIpc) is 3.16. The number of benzene rings is 2. The highest BCUT2D eigenvalue weighted by atomic mass is 35.5. The lowest BCUT2D eigenvalue weighted by Crippen LogP contribution is -2.25. The predicted molar refractivity (Wildman–Crippen MR) is 118 cm³/mol. The molecule has 0 fully saturated rings. The standard InChI is InChI=1S/C20H17ClFN3O2S2/c1-12(28-11-18(26)23-14-8-6-13(22)7-9-14)19(27)25-20-24-17(10-29-20)15-4-2-3-5-16(15)21/h2-10,12H,11H2,1H3,(H,23,26)(H,24,25,27). The van der Waals surface area contributed by atoms with Gasteiger partial charge in [-0.2, -0.15) is 0 Å². The van der Waals surface area contributed by atoms with E-state index in [2.05, 4.69) is 15.6 Å². The third-order valence-corrected chi connectivity index (χ3v) is 6.08. The molecule has 1 unspecified atom stereocenters. The van der Waals surface area contributed by atoms with Crippen LogP contribution < -0.4 is 10.6 Å². The average molecular weight is 450 g/mol. The molecule has 3 rings (SSSR count). The molecule has 0 aliphatic rings. The van der Waals surface area contributed by atoms with Crippen LogP contribution in [0.1, 0.15) is 6.92 Å². The third-order valence-electron chi connectivity index (χ3n) is 3.85. The summed E-state index contributed by atoms with van der Waals surface area (Å²) in [5.74, 6) is -0.793. The van der Waals surface area contributed by atoms with E-state index in [-0.39, 0.29) is 23.4 Å². The van der Waals surface area contributed by atoms with Gasteiger partial charge in [-0.05, 0) is 37.3 Å². The highest BCUT2D eigenvalue weighted by Gasteiger charge is 2.17. The van der Waals surface area contributed by atoms with E-state index in [4.69, 9.17) is 11.6 Å². The molecule has 0 saturated heterocycles. The number of nitrogens with one attached hydrogen (secondary N) is 2. The van der Waals surface area contributed by atoms with Crippen molar-refractivity contribution in [2.24, 2.45) is 0 Å². The van der Waals surface area contributed by atoms with Crippen LogP contribution in [0.2, 0.25) is 5.02 Å². The Morgan fingerprint density at radius 1 is 1.17 bits per heavy atom. The second kappa shape index (κ2) is 9.87. The monoisotopic (exact) mass is 449 g/mol. The van der Waals surface area contributed by atoms with E-state index in [1.807, 2.05) is 23.6 Å². The van der Waals surface area contributed by atoms with Gasteiger partial charge in [0.1, 0.15) is 5.82 Å². The maximum absolute atomic E-state index is 12.9. The number of rotatable bonds is 7. The summed E-state index contributed by atoms with van der Waals surface area (Å²) in [4.78, 5) is 28.8. The van der Waals surface area contributed by atoms with Crippen LogP contribution >= 0.6 is 34.7 Å². The quantitative estimate of drug-likeness (QED) is 0.513. The van der Waals surface area contributed by atoms with Crippen LogP contribution in [-0.4, -0.2) is 27.8 Å². The molecule has 0 aliphatic carbocycles. The van der Waals surface area contributed by atoms with E-state index >= 15 is 0 Å². The van der Waals surface area contributed by atoms with Gasteiger partial charge in [0.25, 0.3) is 0 Å². The first-order valence-corrected chi connectivity index (χ1v) is 10.9. The summed E-state index contributed by atoms with van der Waals surface area (Å²) in [6.45, 7) is 1.72. The van der Waals surface area contributed by atoms with Crippen molar-refractivity contribution in [3.63, 3.8) is 0 Å². The fourth-order valence-corrected chi connectivity index (χ4v) is 3.97. The number of thiazole rings is 1. The zero-order chi connectivity index (χ0) is 20.8. The Bertz CT molecular complexity index is 1010. The Labute approximate surface area is 180 Å². The van der Waals surface area contributed by atoms with Gasteiger partial charge in [-0.3, -0.25) is 9.59 Å². The van der Waals surface area contributed by atoms with Crippen LogP contribution in [0.5, 0.6) is 0 Å². The van der Waals surface area contributed by atoms with Gasteiger partial charge in [-0.15, -0.1) is 23.1 Å². The summed E-state index contributed by atoms with van der Waals surface area (Å²) in [7, 11) is 0. The topological polar surface area (TPSA) is 71.1 Å². The molecule has 0 bridgehead atoms. The van der Waals surface area contributed by atoms with Gasteiger partial charge < -0.3 is 10.6 Å². The summed E-state index contributed by atoms with van der Waals surface area (Å²) >= 11 is 8.68. The van der Waals surface area contributed by atoms with Gasteiger partial charge in [0.2, 0.25) is 11.8 Å². The Hall–Kier alpha value is -2.42. The van der Waals surface area contributed by atoms with Crippen molar-refractivity contribution in [1.82, 2.24) is 4.98 Å². The molecule has 150 valence electrons. The third kappa shape index (κ3) is 6.03. The molecule has 29 heavy (non-hydrogen) atoms. The number of hydrogen-bond donors (Lipinski definition) is 2. The minimum absolute atomic E-state index is 0.0920. The van der Waals surface area contributed by atoms with Crippen molar-refractivity contribution in [2.45, 2.75) is 12.2 Å². The number of aromatic nitrogens is 1. The van der Waals surface area contributed by atoms with E-state index < -0.39 is 5.25 Å². The minimum atomic E-state index is -0.457. The normalized spacial score (nSPS) is 11.7. The Morgan fingerprint density at radius 3 is 2.62 bits per heavy atom. The molecule has 2 aromatic carbocycles. The van der Waals surface area contributed by atoms with Crippen LogP contribution in [0.15, 0.2) is 53.9 Å². The van der Waals surface area contributed by atoms with Crippen LogP contribution in [-0.2, 0) is 9.59 Å². The number of hydrogen-bond acceptors (Lipinski definition) is 5. The molecule has 5 nitrogen and oxygen atoms in total. The van der Waals surface area contributed by atoms with E-state index in [1.54, 1.807) is 13.0 Å². The van der Waals surface area contributed by atoms with Crippen molar-refractivity contribution < 1.29 is 14.0 Å². The van der Waals surface area contributed by atoms with Gasteiger partial charge in [0.15, 0.2) is 5.13 Å². The molecule has 2 N–H and O–H groups in total. The van der Waals surface area contributed by atoms with E-state index in [0.717, 1.165) is 5.56 Å². The van der Waals surface area contributed by atoms with Gasteiger partial charge in [-0.1, -0.05) is 29.8 Å². The van der Waals surface area contributed by atoms with Crippen LogP contribution in [0.3, 0.4) is 0 Å². The number of amides is 2. The van der Waals surface area contributed by atoms with Gasteiger partial charge in [0.05, 0.1) is 16.7 Å². The fraction of sp³-hybridized carbons (Fsp3) is 0.150. The molecule has 2 amide bonds. The SMILES string of the molecule is CC(SCC(=O)Nc1ccc(F)cc1)C(=O)Nc1nc(-c2ccccc2Cl)cs1. The lowest BCUT2D eigenvalue weighted by Gasteiger charge is -2.10. The zero-order valence-corrected chi connectivity index (χ0v) is 17.7. The number of halogens is 2. The summed E-state index contributed by atoms with van der Waals surface area (Å²) in [6.07, 6.45) is 0. The number of anilines is 2. The summed E-state index contributed by atoms with van der Waals surface area (Å²) in [6, 6.07) is 12.8. The maximum atomic E-state index is 12.9. The van der Waals surface area contributed by atoms with Gasteiger partial charge >= 0.3 is 0 Å². The summed E-state index contributed by atoms with van der Waals surface area (Å²) in [5.41, 5.74) is 1.99. The maximum Gasteiger partial charge on any atom is 0.239 e. The highest BCUT2D eigenvalue weighted by molar-refractivity contribution is 8.01. The molecule has 1 heterocycles. The fourth-order valence-electron chi connectivity index (χ4n) is 2.34. The second-order valence-corrected chi connectivity index (χ2v) is 8.61. The number of carbonyl (C=O) groups is 2.